The quantitative estimate of drug-likeness (QED) is 0.100. The van der Waals surface area contributed by atoms with Gasteiger partial charge in [0.15, 0.2) is 0 Å². The van der Waals surface area contributed by atoms with Crippen LogP contribution in [0.15, 0.2) is 84.9 Å². The standard InChI is InChI=1S/C45H49FN5O7PS/c1-3-23-57-44(55)28(2)49-59(56,58-33-14-8-5-9-15-33)40(46)30-17-20-38-31(24-30)25-39(60-38)41(52)48-36-16-10-13-32-18-19-37(51(32)42(36)53)43(54)50-27-34(29-11-6-4-7-12-29)35(26-47)45(50)21-22-45/h4-9,11-12,14-15,17,20,24-25,28,32,34-37,40H,3,10,13,16,18-19,21-23,27H2,1-2H3,(H,48,52)(H,49,56)/t28-,32-,34-,35-,36-,37-,40+,59?/m0/s1. The fraction of sp³-hybridized carbons (Fsp3) is 0.444. The van der Waals surface area contributed by atoms with Gasteiger partial charge in [0.1, 0.15) is 23.9 Å². The zero-order valence-electron chi connectivity index (χ0n) is 33.6. The Bertz CT molecular complexity index is 2350. The van der Waals surface area contributed by atoms with Gasteiger partial charge in [0.2, 0.25) is 17.7 Å². The van der Waals surface area contributed by atoms with Crippen molar-refractivity contribution in [2.45, 2.75) is 107 Å². The fourth-order valence-electron chi connectivity index (χ4n) is 9.34. The number of benzene rings is 3. The summed E-state index contributed by atoms with van der Waals surface area (Å²) in [4.78, 5) is 59.3. The Morgan fingerprint density at radius 3 is 2.45 bits per heavy atom. The van der Waals surface area contributed by atoms with Gasteiger partial charge in [0.25, 0.3) is 5.91 Å². The molecule has 2 N–H and O–H groups in total. The number of alkyl halides is 1. The van der Waals surface area contributed by atoms with Crippen molar-refractivity contribution in [2.24, 2.45) is 5.92 Å². The van der Waals surface area contributed by atoms with E-state index in [0.29, 0.717) is 53.6 Å². The Morgan fingerprint density at radius 2 is 1.75 bits per heavy atom. The summed E-state index contributed by atoms with van der Waals surface area (Å²) in [5.41, 5.74) is 0.541. The number of para-hydroxylation sites is 1. The summed E-state index contributed by atoms with van der Waals surface area (Å²) >= 11 is 1.18. The van der Waals surface area contributed by atoms with Crippen molar-refractivity contribution in [3.63, 3.8) is 0 Å². The normalized spacial score (nSPS) is 25.1. The molecular weight excluding hydrogens is 805 g/mol. The molecule has 1 unspecified atom stereocenters. The molecule has 0 bridgehead atoms. The summed E-state index contributed by atoms with van der Waals surface area (Å²) in [5.74, 6) is -4.02. The molecule has 3 aromatic carbocycles. The minimum atomic E-state index is -4.45. The number of nitrogens with zero attached hydrogens (tertiary/aromatic N) is 3. The van der Waals surface area contributed by atoms with E-state index in [-0.39, 0.29) is 47.6 Å². The van der Waals surface area contributed by atoms with Crippen LogP contribution in [0.5, 0.6) is 5.75 Å². The number of hydrogen-bond donors (Lipinski definition) is 2. The largest absolute Gasteiger partial charge is 0.465 e. The number of fused-ring (bicyclic) bond motifs is 2. The van der Waals surface area contributed by atoms with Crippen molar-refractivity contribution in [2.75, 3.05) is 13.2 Å². The van der Waals surface area contributed by atoms with Crippen LogP contribution in [0.1, 0.15) is 97.8 Å². The predicted octanol–water partition coefficient (Wildman–Crippen LogP) is 8.01. The average Bonchev–Trinajstić information content (AvgIpc) is 3.62. The highest BCUT2D eigenvalue weighted by molar-refractivity contribution is 7.57. The SMILES string of the molecule is CCCOC(=O)[C@H](C)NP(=O)(Oc1ccccc1)[C@@H](F)c1ccc2sc(C(=O)N[C@H]3CCC[C@H]4CC[C@@H](C(=O)N5C[C@@H](c6ccccc6)[C@H](C#N)C56CC6)N4C3=O)cc2c1. The van der Waals surface area contributed by atoms with Gasteiger partial charge in [-0.25, -0.2) is 9.48 Å². The highest BCUT2D eigenvalue weighted by atomic mass is 32.1. The number of carbonyl (C=O) groups is 4. The van der Waals surface area contributed by atoms with Crippen molar-refractivity contribution in [1.29, 1.82) is 5.26 Å². The number of halogens is 1. The lowest BCUT2D eigenvalue weighted by Crippen LogP contribution is -2.56. The van der Waals surface area contributed by atoms with E-state index in [1.54, 1.807) is 35.2 Å². The maximum atomic E-state index is 16.5. The first kappa shape index (κ1) is 41.6. The number of nitrogens with one attached hydrogen (secondary N) is 2. The summed E-state index contributed by atoms with van der Waals surface area (Å²) in [6.07, 6.45) is 5.18. The highest BCUT2D eigenvalue weighted by Crippen LogP contribution is 2.59. The molecule has 1 spiro atoms. The lowest BCUT2D eigenvalue weighted by atomic mass is 9.85. The van der Waals surface area contributed by atoms with E-state index in [4.69, 9.17) is 9.26 Å². The first-order valence-corrected chi connectivity index (χ1v) is 23.3. The Kier molecular flexibility index (Phi) is 11.9. The molecule has 4 aliphatic rings. The molecule has 1 saturated carbocycles. The van der Waals surface area contributed by atoms with Gasteiger partial charge in [-0.15, -0.1) is 11.3 Å². The van der Waals surface area contributed by atoms with Crippen LogP contribution < -0.4 is 14.9 Å². The first-order valence-electron chi connectivity index (χ1n) is 20.8. The molecule has 3 saturated heterocycles. The van der Waals surface area contributed by atoms with Gasteiger partial charge in [0, 0.05) is 23.2 Å². The molecule has 4 heterocycles. The third kappa shape index (κ3) is 7.95. The smallest absolute Gasteiger partial charge is 0.355 e. The van der Waals surface area contributed by atoms with Gasteiger partial charge in [-0.1, -0.05) is 61.5 Å². The molecular formula is C45H49FN5O7PS. The number of ether oxygens (including phenoxy) is 1. The van der Waals surface area contributed by atoms with Crippen molar-refractivity contribution < 1.29 is 37.4 Å². The van der Waals surface area contributed by atoms with Crippen LogP contribution in [-0.2, 0) is 23.7 Å². The number of hydrogen-bond acceptors (Lipinski definition) is 9. The molecule has 60 heavy (non-hydrogen) atoms. The average molecular weight is 854 g/mol. The van der Waals surface area contributed by atoms with E-state index in [2.05, 4.69) is 16.5 Å². The fourth-order valence-corrected chi connectivity index (χ4v) is 12.2. The molecule has 0 radical (unpaired) electrons. The number of likely N-dealkylation sites (tertiary alicyclic amines) is 1. The summed E-state index contributed by atoms with van der Waals surface area (Å²) in [7, 11) is -4.45. The third-order valence-electron chi connectivity index (χ3n) is 12.5. The minimum Gasteiger partial charge on any atom is -0.465 e. The number of esters is 1. The van der Waals surface area contributed by atoms with Gasteiger partial charge >= 0.3 is 13.5 Å². The predicted molar refractivity (Wildman–Crippen MR) is 225 cm³/mol. The topological polar surface area (TPSA) is 158 Å². The third-order valence-corrected chi connectivity index (χ3v) is 15.7. The lowest BCUT2D eigenvalue weighted by Gasteiger charge is -2.35. The van der Waals surface area contributed by atoms with Gasteiger partial charge in [0.05, 0.1) is 29.0 Å². The van der Waals surface area contributed by atoms with Crippen LogP contribution in [-0.4, -0.2) is 76.3 Å². The Labute approximate surface area is 352 Å². The second-order valence-electron chi connectivity index (χ2n) is 16.4. The number of thiophene rings is 1. The minimum absolute atomic E-state index is 0.0186. The molecule has 3 amide bonds. The Balaban J connectivity index is 0.980. The zero-order valence-corrected chi connectivity index (χ0v) is 35.3. The molecule has 4 fully saturated rings. The number of rotatable bonds is 13. The van der Waals surface area contributed by atoms with Gasteiger partial charge < -0.3 is 24.4 Å². The van der Waals surface area contributed by atoms with Crippen LogP contribution in [0.25, 0.3) is 10.1 Å². The second kappa shape index (κ2) is 17.1. The van der Waals surface area contributed by atoms with Gasteiger partial charge in [-0.2, -0.15) is 5.26 Å². The zero-order chi connectivity index (χ0) is 42.2. The van der Waals surface area contributed by atoms with E-state index < -0.39 is 49.0 Å². The second-order valence-corrected chi connectivity index (χ2v) is 19.6. The lowest BCUT2D eigenvalue weighted by molar-refractivity contribution is -0.147. The van der Waals surface area contributed by atoms with Crippen LogP contribution in [0.4, 0.5) is 4.39 Å². The van der Waals surface area contributed by atoms with Crippen molar-refractivity contribution in [3.8, 4) is 11.8 Å². The van der Waals surface area contributed by atoms with Crippen molar-refractivity contribution in [3.05, 3.63) is 101 Å². The monoisotopic (exact) mass is 853 g/mol. The van der Waals surface area contributed by atoms with Crippen LogP contribution in [0.3, 0.4) is 0 Å². The van der Waals surface area contributed by atoms with Crippen molar-refractivity contribution in [1.82, 2.24) is 20.2 Å². The van der Waals surface area contributed by atoms with Crippen LogP contribution in [0, 0.1) is 17.2 Å². The number of amides is 3. The Morgan fingerprint density at radius 1 is 1.02 bits per heavy atom. The molecule has 12 nitrogen and oxygen atoms in total. The summed E-state index contributed by atoms with van der Waals surface area (Å²) in [6.45, 7) is 3.86. The van der Waals surface area contributed by atoms with Crippen molar-refractivity contribution >= 4 is 52.6 Å². The number of carbonyl (C=O) groups excluding carboxylic acids is 4. The Hall–Kier alpha value is -5.09. The summed E-state index contributed by atoms with van der Waals surface area (Å²) in [6, 6.07) is 24.0. The molecule has 3 aliphatic heterocycles. The van der Waals surface area contributed by atoms with E-state index in [9.17, 15) is 29.0 Å². The maximum Gasteiger partial charge on any atom is 0.355 e. The van der Waals surface area contributed by atoms with Crippen LogP contribution >= 0.6 is 18.9 Å². The molecule has 8 atom stereocenters. The first-order chi connectivity index (χ1) is 29.0. The molecule has 1 aliphatic carbocycles. The van der Waals surface area contributed by atoms with E-state index in [1.165, 1.54) is 42.5 Å². The van der Waals surface area contributed by atoms with E-state index in [0.717, 1.165) is 24.8 Å². The van der Waals surface area contributed by atoms with Gasteiger partial charge in [-0.3, -0.25) is 23.7 Å². The molecule has 8 rings (SSSR count). The van der Waals surface area contributed by atoms with E-state index in [1.807, 2.05) is 42.2 Å². The molecule has 1 aromatic heterocycles. The number of nitriles is 1. The summed E-state index contributed by atoms with van der Waals surface area (Å²) in [5, 5.41) is 16.4. The van der Waals surface area contributed by atoms with Crippen LogP contribution in [0.2, 0.25) is 0 Å². The molecule has 314 valence electrons. The highest BCUT2D eigenvalue weighted by Gasteiger charge is 2.64. The van der Waals surface area contributed by atoms with Gasteiger partial charge in [-0.05, 0) is 105 Å². The van der Waals surface area contributed by atoms with E-state index >= 15 is 4.39 Å². The maximum absolute atomic E-state index is 16.5. The molecule has 4 aromatic rings. The summed E-state index contributed by atoms with van der Waals surface area (Å²) < 4.78 is 42.5. The molecule has 15 heteroatoms.